The van der Waals surface area contributed by atoms with Crippen molar-refractivity contribution in [3.05, 3.63) is 30.6 Å². The van der Waals surface area contributed by atoms with E-state index >= 15 is 0 Å². The summed E-state index contributed by atoms with van der Waals surface area (Å²) in [7, 11) is 0. The van der Waals surface area contributed by atoms with Crippen LogP contribution in [0.3, 0.4) is 0 Å². The SMILES string of the molecule is N#C[C@@]1(O)CCN(c2nc(-c3cnn(CC4COC4)c3)cn3ncc(F)c23)C1=O. The number of anilines is 1. The molecule has 2 aliphatic rings. The van der Waals surface area contributed by atoms with Crippen molar-refractivity contribution >= 4 is 17.2 Å². The maximum atomic E-state index is 14.4. The van der Waals surface area contributed by atoms with Gasteiger partial charge in [0.25, 0.3) is 5.91 Å². The average molecular weight is 397 g/mol. The van der Waals surface area contributed by atoms with Crippen LogP contribution in [-0.2, 0) is 16.1 Å². The molecule has 3 aromatic rings. The Morgan fingerprint density at radius 2 is 2.17 bits per heavy atom. The van der Waals surface area contributed by atoms with Crippen LogP contribution in [0.15, 0.2) is 24.8 Å². The highest BCUT2D eigenvalue weighted by Crippen LogP contribution is 2.32. The molecule has 5 rings (SSSR count). The normalized spacial score (nSPS) is 22.2. The van der Waals surface area contributed by atoms with E-state index < -0.39 is 17.3 Å². The summed E-state index contributed by atoms with van der Waals surface area (Å²) in [6.07, 6.45) is 5.94. The summed E-state index contributed by atoms with van der Waals surface area (Å²) in [6.45, 7) is 2.16. The quantitative estimate of drug-likeness (QED) is 0.631. The topological polar surface area (TPSA) is 122 Å². The molecule has 1 amide bonds. The fraction of sp³-hybridized carbons (Fsp3) is 0.389. The van der Waals surface area contributed by atoms with Gasteiger partial charge in [0, 0.05) is 37.2 Å². The molecule has 0 bridgehead atoms. The smallest absolute Gasteiger partial charge is 0.275 e. The minimum Gasteiger partial charge on any atom is -0.381 e. The highest BCUT2D eigenvalue weighted by Gasteiger charge is 2.47. The number of ether oxygens (including phenoxy) is 1. The molecular formula is C18H16FN7O3. The minimum atomic E-state index is -2.14. The number of rotatable bonds is 4. The van der Waals surface area contributed by atoms with Crippen LogP contribution in [0.2, 0.25) is 0 Å². The van der Waals surface area contributed by atoms with Gasteiger partial charge in [-0.3, -0.25) is 14.4 Å². The zero-order valence-electron chi connectivity index (χ0n) is 15.2. The van der Waals surface area contributed by atoms with Gasteiger partial charge in [-0.25, -0.2) is 13.9 Å². The number of carbonyl (C=O) groups excluding carboxylic acids is 1. The van der Waals surface area contributed by atoms with E-state index in [1.807, 2.05) is 6.20 Å². The highest BCUT2D eigenvalue weighted by molar-refractivity contribution is 6.05. The van der Waals surface area contributed by atoms with E-state index in [4.69, 9.17) is 10.00 Å². The Labute approximate surface area is 163 Å². The highest BCUT2D eigenvalue weighted by atomic mass is 19.1. The molecule has 1 atom stereocenters. The van der Waals surface area contributed by atoms with E-state index in [9.17, 15) is 14.3 Å². The van der Waals surface area contributed by atoms with Crippen LogP contribution in [0.4, 0.5) is 10.2 Å². The van der Waals surface area contributed by atoms with Crippen LogP contribution in [-0.4, -0.2) is 60.8 Å². The average Bonchev–Trinajstić information content (AvgIpc) is 3.38. The number of halogens is 1. The minimum absolute atomic E-state index is 0.00305. The number of nitrogens with zero attached hydrogens (tertiary/aromatic N) is 7. The molecule has 29 heavy (non-hydrogen) atoms. The predicted molar refractivity (Wildman–Crippen MR) is 96.0 cm³/mol. The Morgan fingerprint density at radius 3 is 2.86 bits per heavy atom. The lowest BCUT2D eigenvalue weighted by Crippen LogP contribution is -2.39. The van der Waals surface area contributed by atoms with Gasteiger partial charge < -0.3 is 9.84 Å². The summed E-state index contributed by atoms with van der Waals surface area (Å²) in [5, 5.41) is 27.6. The number of amides is 1. The zero-order chi connectivity index (χ0) is 20.2. The number of hydrogen-bond acceptors (Lipinski definition) is 7. The molecule has 0 aliphatic carbocycles. The Morgan fingerprint density at radius 1 is 1.34 bits per heavy atom. The second-order valence-corrected chi connectivity index (χ2v) is 7.27. The number of aromatic nitrogens is 5. The predicted octanol–water partition coefficient (Wildman–Crippen LogP) is 0.370. The largest absolute Gasteiger partial charge is 0.381 e. The molecule has 0 unspecified atom stereocenters. The number of nitriles is 1. The van der Waals surface area contributed by atoms with Gasteiger partial charge in [-0.1, -0.05) is 0 Å². The first-order valence-electron chi connectivity index (χ1n) is 9.08. The molecular weight excluding hydrogens is 381 g/mol. The summed E-state index contributed by atoms with van der Waals surface area (Å²) in [5.74, 6) is -1.05. The summed E-state index contributed by atoms with van der Waals surface area (Å²) >= 11 is 0. The van der Waals surface area contributed by atoms with E-state index in [1.165, 1.54) is 4.52 Å². The molecule has 2 saturated heterocycles. The number of carbonyl (C=O) groups is 1. The van der Waals surface area contributed by atoms with Crippen LogP contribution >= 0.6 is 0 Å². The monoisotopic (exact) mass is 397 g/mol. The standard InChI is InChI=1S/C18H16FN7O3/c19-13-4-22-26-7-14(12-3-21-24(6-12)5-11-8-29-9-11)23-16(15(13)26)25-2-1-18(28,10-20)17(25)27/h3-4,6-7,11,28H,1-2,5,8-9H2/t18-/m0/s1. The van der Waals surface area contributed by atoms with Gasteiger partial charge in [0.2, 0.25) is 5.60 Å². The third-order valence-corrected chi connectivity index (χ3v) is 5.25. The van der Waals surface area contributed by atoms with Crippen molar-refractivity contribution in [1.82, 2.24) is 24.4 Å². The van der Waals surface area contributed by atoms with Gasteiger partial charge in [-0.05, 0) is 0 Å². The maximum Gasteiger partial charge on any atom is 0.275 e. The van der Waals surface area contributed by atoms with Crippen molar-refractivity contribution in [2.45, 2.75) is 18.6 Å². The van der Waals surface area contributed by atoms with E-state index in [0.29, 0.717) is 36.9 Å². The van der Waals surface area contributed by atoms with Crippen molar-refractivity contribution in [1.29, 1.82) is 5.26 Å². The zero-order valence-corrected chi connectivity index (χ0v) is 15.2. The number of hydrogen-bond donors (Lipinski definition) is 1. The molecule has 3 aromatic heterocycles. The van der Waals surface area contributed by atoms with Gasteiger partial charge in [-0.15, -0.1) is 0 Å². The summed E-state index contributed by atoms with van der Waals surface area (Å²) < 4.78 is 22.6. The molecule has 148 valence electrons. The lowest BCUT2D eigenvalue weighted by Gasteiger charge is -2.25. The molecule has 2 aliphatic heterocycles. The van der Waals surface area contributed by atoms with Crippen molar-refractivity contribution in [3.63, 3.8) is 0 Å². The molecule has 2 fully saturated rings. The van der Waals surface area contributed by atoms with Crippen LogP contribution in [0.1, 0.15) is 6.42 Å². The molecule has 11 heteroatoms. The van der Waals surface area contributed by atoms with Crippen molar-refractivity contribution in [2.24, 2.45) is 5.92 Å². The first kappa shape index (κ1) is 17.7. The van der Waals surface area contributed by atoms with Gasteiger partial charge in [0.15, 0.2) is 11.6 Å². The summed E-state index contributed by atoms with van der Waals surface area (Å²) in [6, 6.07) is 1.62. The summed E-state index contributed by atoms with van der Waals surface area (Å²) in [4.78, 5) is 18.2. The van der Waals surface area contributed by atoms with Gasteiger partial charge in [0.1, 0.15) is 11.6 Å². The molecule has 1 N–H and O–H groups in total. The lowest BCUT2D eigenvalue weighted by atomic mass is 10.1. The third kappa shape index (κ3) is 2.76. The molecule has 0 spiro atoms. The maximum absolute atomic E-state index is 14.4. The third-order valence-electron chi connectivity index (χ3n) is 5.25. The molecule has 10 nitrogen and oxygen atoms in total. The summed E-state index contributed by atoms with van der Waals surface area (Å²) in [5.41, 5.74) is -1.03. The Bertz CT molecular complexity index is 1160. The molecule has 5 heterocycles. The molecule has 0 saturated carbocycles. The Kier molecular flexibility index (Phi) is 3.87. The molecule has 0 radical (unpaired) electrons. The van der Waals surface area contributed by atoms with E-state index in [1.54, 1.807) is 23.1 Å². The second kappa shape index (κ2) is 6.33. The van der Waals surface area contributed by atoms with Crippen molar-refractivity contribution < 1.29 is 19.0 Å². The van der Waals surface area contributed by atoms with Crippen LogP contribution in [0.25, 0.3) is 16.8 Å². The fourth-order valence-electron chi connectivity index (χ4n) is 3.55. The lowest BCUT2D eigenvalue weighted by molar-refractivity contribution is -0.128. The van der Waals surface area contributed by atoms with Crippen LogP contribution < -0.4 is 4.90 Å². The second-order valence-electron chi connectivity index (χ2n) is 7.27. The van der Waals surface area contributed by atoms with Crippen LogP contribution in [0, 0.1) is 23.1 Å². The fourth-order valence-corrected chi connectivity index (χ4v) is 3.55. The van der Waals surface area contributed by atoms with Gasteiger partial charge in [-0.2, -0.15) is 15.5 Å². The van der Waals surface area contributed by atoms with Crippen molar-refractivity contribution in [3.8, 4) is 17.3 Å². The first-order valence-corrected chi connectivity index (χ1v) is 9.08. The van der Waals surface area contributed by atoms with Gasteiger partial charge >= 0.3 is 0 Å². The van der Waals surface area contributed by atoms with E-state index in [2.05, 4.69) is 15.2 Å². The van der Waals surface area contributed by atoms with Crippen molar-refractivity contribution in [2.75, 3.05) is 24.7 Å². The molecule has 0 aromatic carbocycles. The van der Waals surface area contributed by atoms with Crippen LogP contribution in [0.5, 0.6) is 0 Å². The van der Waals surface area contributed by atoms with E-state index in [-0.39, 0.29) is 24.3 Å². The Balaban J connectivity index is 1.57. The van der Waals surface area contributed by atoms with E-state index in [0.717, 1.165) is 11.1 Å². The van der Waals surface area contributed by atoms with Gasteiger partial charge in [0.05, 0.1) is 37.5 Å². The number of fused-ring (bicyclic) bond motifs is 1. The first-order chi connectivity index (χ1) is 14.0. The number of aliphatic hydroxyl groups is 1. The Hall–Kier alpha value is -3.36.